The van der Waals surface area contributed by atoms with Crippen molar-refractivity contribution in [2.24, 2.45) is 0 Å². The van der Waals surface area contributed by atoms with E-state index in [1.165, 1.54) is 12.1 Å². The minimum Gasteiger partial charge on any atom is -0.309 e. The average molecular weight is 1090 g/mol. The van der Waals surface area contributed by atoms with Crippen LogP contribution in [0, 0.1) is 6.92 Å². The van der Waals surface area contributed by atoms with Crippen LogP contribution in [0.3, 0.4) is 0 Å². The van der Waals surface area contributed by atoms with Crippen molar-refractivity contribution in [1.29, 1.82) is 0 Å². The van der Waals surface area contributed by atoms with E-state index in [1.807, 2.05) is 180 Å². The second-order valence-electron chi connectivity index (χ2n) is 20.0. The average Bonchev–Trinajstić information content (AvgIpc) is 3.57. The van der Waals surface area contributed by atoms with Crippen LogP contribution in [-0.2, 0) is 18.5 Å². The molecule has 396 valence electrons. The SMILES string of the molecule is Cc1cc(-c2ccc3c(c2)c2ccccc2n3-c2ccc(-c3nc(-c4ccccc4)cc(-c4ccccc4)n3)cc2-c2ccccc2-n2c3ccccc3c3cc(-c4cc(C(F)(F)F)cc(C(F)(F)F)c4)ccc32)cc(C(F)(F)F)c1. The number of halogens is 9. The topological polar surface area (TPSA) is 35.6 Å². The molecule has 0 atom stereocenters. The third-order valence-electron chi connectivity index (χ3n) is 14.8. The van der Waals surface area contributed by atoms with Crippen molar-refractivity contribution in [3.63, 3.8) is 0 Å². The monoisotopic (exact) mass is 1080 g/mol. The summed E-state index contributed by atoms with van der Waals surface area (Å²) in [6, 6.07) is 66.9. The summed E-state index contributed by atoms with van der Waals surface area (Å²) in [6.07, 6.45) is -14.6. The van der Waals surface area contributed by atoms with Gasteiger partial charge in [-0.2, -0.15) is 39.5 Å². The van der Waals surface area contributed by atoms with Crippen LogP contribution in [0.2, 0.25) is 0 Å². The summed E-state index contributed by atoms with van der Waals surface area (Å²) in [5.74, 6) is 0.441. The number of benzene rings is 10. The highest BCUT2D eigenvalue weighted by Crippen LogP contribution is 2.45. The maximum Gasteiger partial charge on any atom is 0.416 e. The fourth-order valence-electron chi connectivity index (χ4n) is 11.1. The molecule has 13 aromatic rings. The molecule has 0 amide bonds. The van der Waals surface area contributed by atoms with Gasteiger partial charge in [0.05, 0.1) is 61.5 Å². The van der Waals surface area contributed by atoms with Crippen LogP contribution in [-0.4, -0.2) is 19.1 Å². The quantitative estimate of drug-likeness (QED) is 0.142. The number of rotatable bonds is 8. The predicted octanol–water partition coefficient (Wildman–Crippen LogP) is 20.0. The maximum atomic E-state index is 14.2. The van der Waals surface area contributed by atoms with Gasteiger partial charge in [-0.25, -0.2) is 9.97 Å². The Bertz CT molecular complexity index is 4520. The van der Waals surface area contributed by atoms with E-state index in [4.69, 9.17) is 9.97 Å². The molecule has 13 rings (SSSR count). The van der Waals surface area contributed by atoms with E-state index >= 15 is 0 Å². The Morgan fingerprint density at radius 2 is 0.716 bits per heavy atom. The summed E-state index contributed by atoms with van der Waals surface area (Å²) in [7, 11) is 0. The molecule has 13 heteroatoms. The summed E-state index contributed by atoms with van der Waals surface area (Å²) in [4.78, 5) is 10.4. The van der Waals surface area contributed by atoms with Crippen LogP contribution in [0.4, 0.5) is 39.5 Å². The smallest absolute Gasteiger partial charge is 0.309 e. The van der Waals surface area contributed by atoms with Crippen LogP contribution in [0.15, 0.2) is 231 Å². The lowest BCUT2D eigenvalue weighted by Gasteiger charge is -2.20. The summed E-state index contributed by atoms with van der Waals surface area (Å²) in [5, 5.41) is 2.95. The van der Waals surface area contributed by atoms with Crippen LogP contribution in [0.1, 0.15) is 22.3 Å². The molecule has 0 spiro atoms. The van der Waals surface area contributed by atoms with Crippen molar-refractivity contribution in [2.75, 3.05) is 0 Å². The first-order chi connectivity index (χ1) is 38.9. The Labute approximate surface area is 457 Å². The van der Waals surface area contributed by atoms with Crippen molar-refractivity contribution in [3.8, 4) is 78.7 Å². The predicted molar refractivity (Wildman–Crippen MR) is 303 cm³/mol. The second-order valence-corrected chi connectivity index (χ2v) is 20.0. The van der Waals surface area contributed by atoms with Crippen LogP contribution < -0.4 is 0 Å². The van der Waals surface area contributed by atoms with Gasteiger partial charge < -0.3 is 9.13 Å². The highest BCUT2D eigenvalue weighted by molar-refractivity contribution is 6.13. The highest BCUT2D eigenvalue weighted by atomic mass is 19.4. The molecule has 0 radical (unpaired) electrons. The highest BCUT2D eigenvalue weighted by Gasteiger charge is 2.37. The Balaban J connectivity index is 1.06. The van der Waals surface area contributed by atoms with E-state index in [1.54, 1.807) is 25.1 Å². The van der Waals surface area contributed by atoms with Crippen molar-refractivity contribution < 1.29 is 39.5 Å². The first-order valence-corrected chi connectivity index (χ1v) is 25.7. The molecule has 0 unspecified atom stereocenters. The van der Waals surface area contributed by atoms with Crippen molar-refractivity contribution in [2.45, 2.75) is 25.5 Å². The third kappa shape index (κ3) is 9.23. The van der Waals surface area contributed by atoms with E-state index in [0.717, 1.165) is 73.5 Å². The Morgan fingerprint density at radius 3 is 1.23 bits per heavy atom. The molecule has 10 aromatic carbocycles. The minimum atomic E-state index is -5.04. The standard InChI is InChI=1S/C68H41F9N4/c1-40-30-46(32-48(31-40)66(69,70)71)43-24-27-63-54(35-43)52-19-9-13-23-61(52)81(63)64-29-26-45(65-78-57(41-14-4-2-5-15-41)39-58(79-65)42-16-6-3-7-17-42)37-56(64)53-20-10-12-22-60(53)80-59-21-11-8-18-51(59)55-36-44(25-28-62(55)80)47-33-49(67(72,73)74)38-50(34-47)68(75,76)77/h2-39H,1H3. The molecule has 0 saturated heterocycles. The minimum absolute atomic E-state index is 0.125. The molecule has 0 saturated carbocycles. The fraction of sp³-hybridized carbons (Fsp3) is 0.0588. The lowest BCUT2D eigenvalue weighted by atomic mass is 9.97. The molecular formula is C68H41F9N4. The van der Waals surface area contributed by atoms with Gasteiger partial charge in [0, 0.05) is 49.4 Å². The normalized spacial score (nSPS) is 12.3. The molecule has 0 N–H and O–H groups in total. The molecule has 3 heterocycles. The van der Waals surface area contributed by atoms with Crippen molar-refractivity contribution in [1.82, 2.24) is 19.1 Å². The molecule has 3 aromatic heterocycles. The van der Waals surface area contributed by atoms with E-state index in [0.29, 0.717) is 61.4 Å². The lowest BCUT2D eigenvalue weighted by molar-refractivity contribution is -0.143. The number of fused-ring (bicyclic) bond motifs is 6. The number of alkyl halides is 9. The van der Waals surface area contributed by atoms with E-state index in [2.05, 4.69) is 4.57 Å². The van der Waals surface area contributed by atoms with Crippen LogP contribution >= 0.6 is 0 Å². The summed E-state index contributed by atoms with van der Waals surface area (Å²) < 4.78 is 132. The summed E-state index contributed by atoms with van der Waals surface area (Å²) in [6.45, 7) is 1.64. The third-order valence-corrected chi connectivity index (χ3v) is 14.8. The summed E-state index contributed by atoms with van der Waals surface area (Å²) >= 11 is 0. The maximum absolute atomic E-state index is 14.2. The van der Waals surface area contributed by atoms with E-state index in [9.17, 15) is 39.5 Å². The van der Waals surface area contributed by atoms with Gasteiger partial charge in [-0.3, -0.25) is 0 Å². The van der Waals surface area contributed by atoms with Gasteiger partial charge in [-0.15, -0.1) is 0 Å². The van der Waals surface area contributed by atoms with Gasteiger partial charge >= 0.3 is 18.5 Å². The molecule has 4 nitrogen and oxygen atoms in total. The van der Waals surface area contributed by atoms with Crippen molar-refractivity contribution >= 4 is 43.6 Å². The first-order valence-electron chi connectivity index (χ1n) is 25.7. The van der Waals surface area contributed by atoms with E-state index < -0.39 is 35.2 Å². The second kappa shape index (κ2) is 19.3. The molecule has 0 aliphatic heterocycles. The van der Waals surface area contributed by atoms with E-state index in [-0.39, 0.29) is 17.2 Å². The Kier molecular flexibility index (Phi) is 12.1. The zero-order valence-corrected chi connectivity index (χ0v) is 42.6. The van der Waals surface area contributed by atoms with Crippen molar-refractivity contribution in [3.05, 3.63) is 253 Å². The number of para-hydroxylation sites is 3. The van der Waals surface area contributed by atoms with Crippen LogP contribution in [0.25, 0.3) is 122 Å². The molecular weight excluding hydrogens is 1040 g/mol. The van der Waals surface area contributed by atoms with Crippen LogP contribution in [0.5, 0.6) is 0 Å². The Morgan fingerprint density at radius 1 is 0.296 bits per heavy atom. The van der Waals surface area contributed by atoms with Gasteiger partial charge in [0.15, 0.2) is 5.82 Å². The van der Waals surface area contributed by atoms with Gasteiger partial charge in [0.2, 0.25) is 0 Å². The first kappa shape index (κ1) is 50.7. The fourth-order valence-corrected chi connectivity index (χ4v) is 11.1. The zero-order valence-electron chi connectivity index (χ0n) is 42.6. The summed E-state index contributed by atoms with van der Waals surface area (Å²) in [5.41, 5.74) is 7.52. The van der Waals surface area contributed by atoms with Gasteiger partial charge in [0.25, 0.3) is 0 Å². The lowest BCUT2D eigenvalue weighted by Crippen LogP contribution is -2.11. The van der Waals surface area contributed by atoms with Gasteiger partial charge in [0.1, 0.15) is 0 Å². The Hall–Kier alpha value is -9.75. The number of aryl methyl sites for hydroxylation is 1. The largest absolute Gasteiger partial charge is 0.416 e. The molecule has 0 aliphatic carbocycles. The molecule has 0 fully saturated rings. The number of hydrogen-bond donors (Lipinski definition) is 0. The number of hydrogen-bond acceptors (Lipinski definition) is 2. The van der Waals surface area contributed by atoms with Gasteiger partial charge in [-0.05, 0) is 132 Å². The van der Waals surface area contributed by atoms with Gasteiger partial charge in [-0.1, -0.05) is 133 Å². The zero-order chi connectivity index (χ0) is 56.0. The molecule has 0 bridgehead atoms. The number of nitrogens with zero attached hydrogens (tertiary/aromatic N) is 4. The molecule has 81 heavy (non-hydrogen) atoms. The number of aromatic nitrogens is 4. The molecule has 0 aliphatic rings.